The molecule has 6 heteroatoms. The second kappa shape index (κ2) is 9.94. The van der Waals surface area contributed by atoms with Crippen LogP contribution in [-0.4, -0.2) is 16.1 Å². The molecule has 0 aliphatic heterocycles. The van der Waals surface area contributed by atoms with Crippen molar-refractivity contribution >= 4 is 29.0 Å². The highest BCUT2D eigenvalue weighted by Gasteiger charge is 2.22. The number of nitrogens with two attached hydrogens (primary N) is 2. The maximum atomic E-state index is 12.8. The molecule has 1 heterocycles. The number of benzene rings is 1. The van der Waals surface area contributed by atoms with E-state index in [0.717, 1.165) is 21.8 Å². The summed E-state index contributed by atoms with van der Waals surface area (Å²) in [5.41, 5.74) is 15.8. The number of hydrogen-bond acceptors (Lipinski definition) is 5. The van der Waals surface area contributed by atoms with Crippen LogP contribution in [0, 0.1) is 0 Å². The van der Waals surface area contributed by atoms with Crippen LogP contribution in [0.1, 0.15) is 82.5 Å². The number of pyridine rings is 1. The van der Waals surface area contributed by atoms with Gasteiger partial charge in [-0.05, 0) is 43.5 Å². The van der Waals surface area contributed by atoms with Gasteiger partial charge in [-0.25, -0.2) is 4.98 Å². The number of rotatable bonds is 6. The molecule has 1 aromatic heterocycles. The zero-order valence-corrected chi connectivity index (χ0v) is 20.0. The zero-order valence-electron chi connectivity index (χ0n) is 19.2. The molecule has 1 amide bonds. The van der Waals surface area contributed by atoms with Crippen molar-refractivity contribution in [3.63, 3.8) is 0 Å². The van der Waals surface area contributed by atoms with Gasteiger partial charge in [0, 0.05) is 28.5 Å². The summed E-state index contributed by atoms with van der Waals surface area (Å²) in [6.45, 7) is 8.92. The first-order valence-electron chi connectivity index (χ1n) is 11.2. The van der Waals surface area contributed by atoms with Gasteiger partial charge in [0.1, 0.15) is 5.03 Å². The predicted octanol–water partition coefficient (Wildman–Crippen LogP) is 5.39. The lowest BCUT2D eigenvalue weighted by Gasteiger charge is -2.24. The minimum Gasteiger partial charge on any atom is -0.397 e. The highest BCUT2D eigenvalue weighted by molar-refractivity contribution is 7.99. The van der Waals surface area contributed by atoms with Crippen LogP contribution in [0.25, 0.3) is 0 Å². The third kappa shape index (κ3) is 6.16. The Bertz CT molecular complexity index is 916. The number of hydrogen-bond donors (Lipinski definition) is 3. The number of amides is 1. The molecule has 2 aromatic rings. The highest BCUT2D eigenvalue weighted by atomic mass is 32.2. The molecule has 1 fully saturated rings. The number of carbonyl (C=O) groups is 1. The van der Waals surface area contributed by atoms with Gasteiger partial charge in [-0.15, -0.1) is 11.8 Å². The Balaban J connectivity index is 1.74. The molecule has 1 saturated carbocycles. The number of carbonyl (C=O) groups excluding carboxylic acids is 1. The fraction of sp³-hybridized carbons (Fsp3) is 0.520. The fourth-order valence-corrected chi connectivity index (χ4v) is 5.14. The van der Waals surface area contributed by atoms with E-state index in [1.54, 1.807) is 12.1 Å². The minimum absolute atomic E-state index is 0.00669. The number of nitrogens with one attached hydrogen (secondary N) is 1. The average molecular weight is 441 g/mol. The number of nitrogen functional groups attached to an aromatic ring is 2. The molecule has 0 saturated heterocycles. The van der Waals surface area contributed by atoms with Crippen molar-refractivity contribution in [1.29, 1.82) is 0 Å². The molecule has 3 rings (SSSR count). The summed E-state index contributed by atoms with van der Waals surface area (Å²) >= 11 is 1.89. The van der Waals surface area contributed by atoms with E-state index < -0.39 is 0 Å². The number of thioether (sulfide) groups is 1. The summed E-state index contributed by atoms with van der Waals surface area (Å²) < 4.78 is 0. The minimum atomic E-state index is -0.306. The first-order valence-corrected chi connectivity index (χ1v) is 12.1. The van der Waals surface area contributed by atoms with Crippen LogP contribution in [0.5, 0.6) is 0 Å². The van der Waals surface area contributed by atoms with Gasteiger partial charge in [0.25, 0.3) is 0 Å². The molecule has 0 radical (unpaired) electrons. The van der Waals surface area contributed by atoms with E-state index in [2.05, 4.69) is 38.2 Å². The predicted molar refractivity (Wildman–Crippen MR) is 131 cm³/mol. The summed E-state index contributed by atoms with van der Waals surface area (Å²) in [7, 11) is 0. The van der Waals surface area contributed by atoms with E-state index in [4.69, 9.17) is 16.5 Å². The van der Waals surface area contributed by atoms with Crippen molar-refractivity contribution in [1.82, 2.24) is 10.3 Å². The van der Waals surface area contributed by atoms with Crippen molar-refractivity contribution in [2.75, 3.05) is 11.5 Å². The summed E-state index contributed by atoms with van der Waals surface area (Å²) in [5.74, 6) is -0.336. The normalized spacial score (nSPS) is 16.1. The van der Waals surface area contributed by atoms with Crippen LogP contribution < -0.4 is 16.8 Å². The molecule has 5 N–H and O–H groups in total. The van der Waals surface area contributed by atoms with E-state index in [1.165, 1.54) is 32.1 Å². The topological polar surface area (TPSA) is 94.0 Å². The Morgan fingerprint density at radius 2 is 1.84 bits per heavy atom. The second-order valence-corrected chi connectivity index (χ2v) is 10.9. The smallest absolute Gasteiger partial charge is 0.227 e. The van der Waals surface area contributed by atoms with E-state index >= 15 is 0 Å². The highest BCUT2D eigenvalue weighted by Crippen LogP contribution is 2.35. The summed E-state index contributed by atoms with van der Waals surface area (Å²) in [6, 6.07) is 9.62. The Kier molecular flexibility index (Phi) is 7.52. The molecular formula is C25H36N4OS. The molecule has 0 bridgehead atoms. The van der Waals surface area contributed by atoms with Crippen LogP contribution in [-0.2, 0) is 16.8 Å². The van der Waals surface area contributed by atoms with Crippen molar-refractivity contribution in [2.45, 2.75) is 88.0 Å². The zero-order chi connectivity index (χ0) is 22.6. The Morgan fingerprint density at radius 3 is 2.48 bits per heavy atom. The average Bonchev–Trinajstić information content (AvgIpc) is 2.74. The summed E-state index contributed by atoms with van der Waals surface area (Å²) in [5, 5.41) is 4.78. The maximum Gasteiger partial charge on any atom is 0.227 e. The van der Waals surface area contributed by atoms with Crippen LogP contribution in [0.15, 0.2) is 35.4 Å². The lowest BCUT2D eigenvalue weighted by atomic mass is 9.91. The third-order valence-corrected chi connectivity index (χ3v) is 7.38. The Morgan fingerprint density at radius 1 is 1.13 bits per heavy atom. The quantitative estimate of drug-likeness (QED) is 0.524. The van der Waals surface area contributed by atoms with Crippen LogP contribution >= 0.6 is 11.8 Å². The van der Waals surface area contributed by atoms with E-state index in [0.29, 0.717) is 23.2 Å². The van der Waals surface area contributed by atoms with Crippen LogP contribution in [0.4, 0.5) is 11.4 Å². The molecular weight excluding hydrogens is 404 g/mol. The van der Waals surface area contributed by atoms with Crippen LogP contribution in [0.2, 0.25) is 0 Å². The van der Waals surface area contributed by atoms with Gasteiger partial charge >= 0.3 is 0 Å². The Labute approximate surface area is 190 Å². The van der Waals surface area contributed by atoms with E-state index in [-0.39, 0.29) is 17.2 Å². The maximum absolute atomic E-state index is 12.8. The van der Waals surface area contributed by atoms with E-state index in [1.807, 2.05) is 24.8 Å². The molecule has 1 aliphatic rings. The van der Waals surface area contributed by atoms with Gasteiger partial charge < -0.3 is 16.8 Å². The van der Waals surface area contributed by atoms with Crippen molar-refractivity contribution in [3.05, 3.63) is 47.2 Å². The van der Waals surface area contributed by atoms with E-state index in [9.17, 15) is 4.79 Å². The Hall–Kier alpha value is -2.21. The van der Waals surface area contributed by atoms with Gasteiger partial charge in [0.2, 0.25) is 5.91 Å². The number of anilines is 2. The lowest BCUT2D eigenvalue weighted by molar-refractivity contribution is -0.122. The number of aromatic nitrogens is 1. The molecule has 1 unspecified atom stereocenters. The SMILES string of the molecule is CC(C(=O)NCc1ccc(C(C)(C)C)nc1SC1CCCCC1)c1ccc(N)c(N)c1. The van der Waals surface area contributed by atoms with Gasteiger partial charge in [-0.2, -0.15) is 0 Å². The fourth-order valence-electron chi connectivity index (χ4n) is 3.81. The van der Waals surface area contributed by atoms with Crippen molar-refractivity contribution < 1.29 is 4.79 Å². The summed E-state index contributed by atoms with van der Waals surface area (Å²) in [6.07, 6.45) is 6.42. The summed E-state index contributed by atoms with van der Waals surface area (Å²) in [4.78, 5) is 17.9. The lowest BCUT2D eigenvalue weighted by Crippen LogP contribution is -2.28. The molecule has 168 valence electrons. The van der Waals surface area contributed by atoms with Gasteiger partial charge in [-0.3, -0.25) is 4.79 Å². The third-order valence-electron chi connectivity index (χ3n) is 6.00. The van der Waals surface area contributed by atoms with Crippen molar-refractivity contribution in [3.8, 4) is 0 Å². The van der Waals surface area contributed by atoms with Crippen LogP contribution in [0.3, 0.4) is 0 Å². The molecule has 1 atom stereocenters. The number of nitrogens with zero attached hydrogens (tertiary/aromatic N) is 1. The molecule has 31 heavy (non-hydrogen) atoms. The monoisotopic (exact) mass is 440 g/mol. The second-order valence-electron chi connectivity index (χ2n) is 9.62. The van der Waals surface area contributed by atoms with Crippen molar-refractivity contribution in [2.24, 2.45) is 0 Å². The largest absolute Gasteiger partial charge is 0.397 e. The molecule has 1 aliphatic carbocycles. The standard InChI is InChI=1S/C25H36N4OS/c1-16(17-10-12-20(26)21(27)14-17)23(30)28-15-18-11-13-22(25(2,3)4)29-24(18)31-19-8-6-5-7-9-19/h10-14,16,19H,5-9,15,26-27H2,1-4H3,(H,28,30). The first-order chi connectivity index (χ1) is 14.6. The molecule has 5 nitrogen and oxygen atoms in total. The first kappa shape index (κ1) is 23.5. The van der Waals surface area contributed by atoms with Gasteiger partial charge in [0.05, 0.1) is 17.3 Å². The molecule has 1 aromatic carbocycles. The van der Waals surface area contributed by atoms with Gasteiger partial charge in [-0.1, -0.05) is 52.2 Å². The molecule has 0 spiro atoms. The van der Waals surface area contributed by atoms with Gasteiger partial charge in [0.15, 0.2) is 0 Å².